The average Bonchev–Trinajstić information content (AvgIpc) is 2.84. The zero-order valence-electron chi connectivity index (χ0n) is 14.5. The van der Waals surface area contributed by atoms with Gasteiger partial charge in [-0.05, 0) is 55.1 Å². The zero-order valence-corrected chi connectivity index (χ0v) is 14.5. The van der Waals surface area contributed by atoms with E-state index < -0.39 is 11.6 Å². The van der Waals surface area contributed by atoms with E-state index in [1.165, 1.54) is 0 Å². The molecule has 0 bridgehead atoms. The number of Topliss-reactive ketones (excluding diaryl/α,β-unsaturated/α-hetero) is 1. The number of rotatable bonds is 0. The van der Waals surface area contributed by atoms with Crippen LogP contribution in [0.25, 0.3) is 0 Å². The molecule has 0 unspecified atom stereocenters. The van der Waals surface area contributed by atoms with E-state index in [-0.39, 0.29) is 28.6 Å². The topological polar surface area (TPSA) is 34.1 Å². The summed E-state index contributed by atoms with van der Waals surface area (Å²) in [5.41, 5.74) is 0.780. The Morgan fingerprint density at radius 3 is 2.58 bits per heavy atom. The normalized spacial score (nSPS) is 47.9. The van der Waals surface area contributed by atoms with Crippen LogP contribution in [0.1, 0.15) is 46.0 Å². The fraction of sp³-hybridized carbons (Fsp3) is 0.619. The van der Waals surface area contributed by atoms with E-state index in [9.17, 15) is 9.59 Å². The highest BCUT2D eigenvalue weighted by molar-refractivity contribution is 6.06. The van der Waals surface area contributed by atoms with Crippen LogP contribution >= 0.6 is 0 Å². The number of hydrogen-bond acceptors (Lipinski definition) is 2. The SMILES string of the molecule is C=C1C[C@@H]2[C@H](CC[C@]3(C)C(=O)CC[C@@H]23)[C@]2(C)C1=CC(=O)C(=C)[C@H]2F. The van der Waals surface area contributed by atoms with Crippen LogP contribution in [0.5, 0.6) is 0 Å². The van der Waals surface area contributed by atoms with Crippen molar-refractivity contribution in [3.63, 3.8) is 0 Å². The Labute approximate surface area is 142 Å². The van der Waals surface area contributed by atoms with E-state index in [1.807, 2.05) is 6.92 Å². The Hall–Kier alpha value is -1.51. The molecule has 0 aromatic carbocycles. The molecule has 0 amide bonds. The molecule has 4 aliphatic rings. The first-order valence-corrected chi connectivity index (χ1v) is 9.02. The lowest BCUT2D eigenvalue weighted by atomic mass is 9.46. The van der Waals surface area contributed by atoms with Crippen molar-refractivity contribution < 1.29 is 14.0 Å². The highest BCUT2D eigenvalue weighted by atomic mass is 19.1. The van der Waals surface area contributed by atoms with Crippen molar-refractivity contribution in [3.8, 4) is 0 Å². The fourth-order valence-electron chi connectivity index (χ4n) is 6.36. The van der Waals surface area contributed by atoms with E-state index in [2.05, 4.69) is 20.1 Å². The predicted molar refractivity (Wildman–Crippen MR) is 91.0 cm³/mol. The van der Waals surface area contributed by atoms with Gasteiger partial charge in [-0.25, -0.2) is 4.39 Å². The molecule has 128 valence electrons. The molecular weight excluding hydrogens is 303 g/mol. The number of ketones is 2. The lowest BCUT2D eigenvalue weighted by Crippen LogP contribution is -2.55. The van der Waals surface area contributed by atoms with Crippen LogP contribution < -0.4 is 0 Å². The first-order chi connectivity index (χ1) is 11.2. The third-order valence-corrected chi connectivity index (χ3v) is 7.78. The molecule has 0 N–H and O–H groups in total. The minimum Gasteiger partial charge on any atom is -0.299 e. The Morgan fingerprint density at radius 2 is 1.88 bits per heavy atom. The second-order valence-corrected chi connectivity index (χ2v) is 8.70. The predicted octanol–water partition coefficient (Wildman–Crippen LogP) is 4.37. The molecule has 3 saturated carbocycles. The minimum absolute atomic E-state index is 0.0746. The standard InChI is InChI=1S/C21H25FO2/c1-11-9-13-14-5-6-18(24)20(14,3)8-7-15(13)21(4)16(11)10-17(23)12(2)19(21)22/h10,13-15,19H,1-2,5-9H2,3-4H3/t13-,14-,15-,19+,20-,21+/m0/s1. The summed E-state index contributed by atoms with van der Waals surface area (Å²) < 4.78 is 15.3. The van der Waals surface area contributed by atoms with E-state index >= 15 is 4.39 Å². The highest BCUT2D eigenvalue weighted by Crippen LogP contribution is 2.65. The Morgan fingerprint density at radius 1 is 1.17 bits per heavy atom. The van der Waals surface area contributed by atoms with Gasteiger partial charge in [0.15, 0.2) is 5.78 Å². The van der Waals surface area contributed by atoms with Crippen LogP contribution in [-0.4, -0.2) is 17.7 Å². The number of hydrogen-bond donors (Lipinski definition) is 0. The van der Waals surface area contributed by atoms with Crippen LogP contribution in [0.2, 0.25) is 0 Å². The molecule has 24 heavy (non-hydrogen) atoms. The maximum absolute atomic E-state index is 15.3. The molecule has 2 nitrogen and oxygen atoms in total. The third-order valence-electron chi connectivity index (χ3n) is 7.78. The van der Waals surface area contributed by atoms with Crippen molar-refractivity contribution in [2.75, 3.05) is 0 Å². The number of carbonyl (C=O) groups excluding carboxylic acids is 2. The lowest BCUT2D eigenvalue weighted by molar-refractivity contribution is -0.132. The number of carbonyl (C=O) groups is 2. The van der Waals surface area contributed by atoms with E-state index in [4.69, 9.17) is 0 Å². The molecule has 0 aromatic heterocycles. The second kappa shape index (κ2) is 4.77. The van der Waals surface area contributed by atoms with E-state index in [0.29, 0.717) is 18.1 Å². The van der Waals surface area contributed by atoms with Gasteiger partial charge < -0.3 is 0 Å². The van der Waals surface area contributed by atoms with Crippen molar-refractivity contribution >= 4 is 11.6 Å². The number of allylic oxidation sites excluding steroid dienone is 3. The van der Waals surface area contributed by atoms with Crippen molar-refractivity contribution in [2.45, 2.75) is 52.1 Å². The molecule has 4 aliphatic carbocycles. The quantitative estimate of drug-likeness (QED) is 0.619. The van der Waals surface area contributed by atoms with Crippen LogP contribution in [-0.2, 0) is 9.59 Å². The van der Waals surface area contributed by atoms with Gasteiger partial charge >= 0.3 is 0 Å². The molecule has 3 fully saturated rings. The second-order valence-electron chi connectivity index (χ2n) is 8.70. The first-order valence-electron chi connectivity index (χ1n) is 9.02. The molecule has 0 spiro atoms. The monoisotopic (exact) mass is 328 g/mol. The molecule has 0 heterocycles. The van der Waals surface area contributed by atoms with E-state index in [0.717, 1.165) is 36.8 Å². The first kappa shape index (κ1) is 16.0. The number of halogens is 1. The van der Waals surface area contributed by atoms with Gasteiger partial charge in [-0.1, -0.05) is 32.6 Å². The molecule has 0 radical (unpaired) electrons. The van der Waals surface area contributed by atoms with Crippen LogP contribution in [0.3, 0.4) is 0 Å². The Kier molecular flexibility index (Phi) is 3.18. The van der Waals surface area contributed by atoms with Crippen molar-refractivity contribution in [1.29, 1.82) is 0 Å². The van der Waals surface area contributed by atoms with Gasteiger partial charge in [-0.15, -0.1) is 0 Å². The average molecular weight is 328 g/mol. The van der Waals surface area contributed by atoms with Crippen molar-refractivity contribution in [1.82, 2.24) is 0 Å². The lowest BCUT2D eigenvalue weighted by Gasteiger charge is -2.58. The maximum atomic E-state index is 15.3. The summed E-state index contributed by atoms with van der Waals surface area (Å²) in [6.45, 7) is 12.0. The molecule has 4 rings (SSSR count). The third kappa shape index (κ3) is 1.71. The zero-order chi connectivity index (χ0) is 17.4. The molecule has 3 heteroatoms. The minimum atomic E-state index is -1.35. The summed E-state index contributed by atoms with van der Waals surface area (Å²) in [4.78, 5) is 24.5. The summed E-state index contributed by atoms with van der Waals surface area (Å²) in [5.74, 6) is 0.827. The van der Waals surface area contributed by atoms with Gasteiger partial charge in [-0.2, -0.15) is 0 Å². The number of fused-ring (bicyclic) bond motifs is 5. The highest BCUT2D eigenvalue weighted by Gasteiger charge is 2.62. The van der Waals surface area contributed by atoms with Crippen LogP contribution in [0.4, 0.5) is 4.39 Å². The van der Waals surface area contributed by atoms with Crippen molar-refractivity contribution in [2.24, 2.45) is 28.6 Å². The maximum Gasteiger partial charge on any atom is 0.184 e. The number of alkyl halides is 1. The Bertz CT molecular complexity index is 717. The fourth-order valence-corrected chi connectivity index (χ4v) is 6.36. The summed E-state index contributed by atoms with van der Waals surface area (Å²) >= 11 is 0. The van der Waals surface area contributed by atoms with Gasteiger partial charge in [0.2, 0.25) is 0 Å². The Balaban J connectivity index is 1.82. The smallest absolute Gasteiger partial charge is 0.184 e. The van der Waals surface area contributed by atoms with Gasteiger partial charge in [0.05, 0.1) is 0 Å². The summed E-state index contributed by atoms with van der Waals surface area (Å²) in [6, 6.07) is 0. The van der Waals surface area contributed by atoms with Gasteiger partial charge in [-0.3, -0.25) is 9.59 Å². The largest absolute Gasteiger partial charge is 0.299 e. The van der Waals surface area contributed by atoms with Crippen LogP contribution in [0, 0.1) is 28.6 Å². The van der Waals surface area contributed by atoms with Gasteiger partial charge in [0.1, 0.15) is 12.0 Å². The van der Waals surface area contributed by atoms with Crippen molar-refractivity contribution in [3.05, 3.63) is 36.0 Å². The molecule has 6 atom stereocenters. The molecule has 0 aromatic rings. The molecule has 0 aliphatic heterocycles. The van der Waals surface area contributed by atoms with Gasteiger partial charge in [0.25, 0.3) is 0 Å². The summed E-state index contributed by atoms with van der Waals surface area (Å²) in [5, 5.41) is 0. The molecule has 0 saturated heterocycles. The van der Waals surface area contributed by atoms with Crippen LogP contribution in [0.15, 0.2) is 36.0 Å². The summed E-state index contributed by atoms with van der Waals surface area (Å²) in [6.07, 6.45) is 4.25. The van der Waals surface area contributed by atoms with Gasteiger partial charge in [0, 0.05) is 22.8 Å². The van der Waals surface area contributed by atoms with E-state index in [1.54, 1.807) is 6.08 Å². The summed E-state index contributed by atoms with van der Waals surface area (Å²) in [7, 11) is 0. The molecular formula is C21H25FO2.